The number of hydrogen-bond donors (Lipinski definition) is 1. The van der Waals surface area contributed by atoms with Crippen LogP contribution in [0.15, 0.2) is 18.2 Å². The highest BCUT2D eigenvalue weighted by Crippen LogP contribution is 2.35. The molecule has 2 aliphatic rings. The number of nitro groups is 1. The summed E-state index contributed by atoms with van der Waals surface area (Å²) >= 11 is 0. The lowest BCUT2D eigenvalue weighted by atomic mass is 9.89. The van der Waals surface area contributed by atoms with E-state index in [1.165, 1.54) is 12.1 Å². The third kappa shape index (κ3) is 4.82. The average Bonchev–Trinajstić information content (AvgIpc) is 3.10. The van der Waals surface area contributed by atoms with Crippen molar-refractivity contribution in [3.8, 4) is 0 Å². The van der Waals surface area contributed by atoms with Crippen LogP contribution in [0, 0.1) is 23.0 Å². The van der Waals surface area contributed by atoms with Crippen LogP contribution >= 0.6 is 0 Å². The number of hydrogen-bond acceptors (Lipinski definition) is 6. The Labute approximate surface area is 159 Å². The predicted molar refractivity (Wildman–Crippen MR) is 101 cm³/mol. The van der Waals surface area contributed by atoms with E-state index >= 15 is 0 Å². The fourth-order valence-electron chi connectivity index (χ4n) is 3.82. The third-order valence-corrected chi connectivity index (χ3v) is 5.54. The zero-order valence-electron chi connectivity index (χ0n) is 15.9. The van der Waals surface area contributed by atoms with Crippen molar-refractivity contribution in [3.05, 3.63) is 33.9 Å². The first-order chi connectivity index (χ1) is 12.9. The van der Waals surface area contributed by atoms with Crippen LogP contribution in [0.3, 0.4) is 0 Å². The molecule has 1 aromatic rings. The number of benzene rings is 1. The molecule has 2 saturated heterocycles. The Hall–Kier alpha value is -2.03. The maximum Gasteiger partial charge on any atom is 0.269 e. The second-order valence-electron chi connectivity index (χ2n) is 7.38. The number of rotatable bonds is 6. The number of carbonyl (C=O) groups excluding carboxylic acids is 1. The van der Waals surface area contributed by atoms with E-state index in [4.69, 9.17) is 9.47 Å². The molecule has 8 nitrogen and oxygen atoms in total. The molecule has 1 N–H and O–H groups in total. The zero-order valence-corrected chi connectivity index (χ0v) is 15.9. The summed E-state index contributed by atoms with van der Waals surface area (Å²) in [6.07, 6.45) is 2.39. The lowest BCUT2D eigenvalue weighted by molar-refractivity contribution is -0.384. The van der Waals surface area contributed by atoms with Gasteiger partial charge in [-0.25, -0.2) is 0 Å². The second kappa shape index (κ2) is 8.33. The Morgan fingerprint density at radius 2 is 2.00 bits per heavy atom. The van der Waals surface area contributed by atoms with Crippen molar-refractivity contribution in [3.63, 3.8) is 0 Å². The van der Waals surface area contributed by atoms with E-state index in [9.17, 15) is 14.9 Å². The Morgan fingerprint density at radius 3 is 2.59 bits per heavy atom. The van der Waals surface area contributed by atoms with E-state index in [2.05, 4.69) is 10.2 Å². The van der Waals surface area contributed by atoms with Crippen LogP contribution in [0.25, 0.3) is 0 Å². The quantitative estimate of drug-likeness (QED) is 0.605. The molecule has 1 aromatic carbocycles. The van der Waals surface area contributed by atoms with Gasteiger partial charge in [0.15, 0.2) is 5.79 Å². The van der Waals surface area contributed by atoms with Crippen molar-refractivity contribution < 1.29 is 19.2 Å². The summed E-state index contributed by atoms with van der Waals surface area (Å²) in [6, 6.07) is 4.45. The number of amides is 1. The highest BCUT2D eigenvalue weighted by molar-refractivity contribution is 5.91. The van der Waals surface area contributed by atoms with Crippen molar-refractivity contribution in [2.45, 2.75) is 38.9 Å². The molecule has 2 aliphatic heterocycles. The first-order valence-electron chi connectivity index (χ1n) is 9.42. The first kappa shape index (κ1) is 19.7. The standard InChI is InChI=1S/C19H27N3O5/c1-14-13-16(22(24)25)3-4-17(14)20-18(23)7-10-21-8-5-15(6-9-21)19(2)26-11-12-27-19/h3-4,13,15H,5-12H2,1-2H3,(H,20,23). The van der Waals surface area contributed by atoms with E-state index in [1.807, 2.05) is 6.92 Å². The van der Waals surface area contributed by atoms with Crippen LogP contribution < -0.4 is 5.32 Å². The molecule has 0 aliphatic carbocycles. The van der Waals surface area contributed by atoms with Crippen LogP contribution in [0.2, 0.25) is 0 Å². The monoisotopic (exact) mass is 377 g/mol. The summed E-state index contributed by atoms with van der Waals surface area (Å²) in [5, 5.41) is 13.6. The number of nitro benzene ring substituents is 1. The Kier molecular flexibility index (Phi) is 6.08. The highest BCUT2D eigenvalue weighted by Gasteiger charge is 2.41. The number of carbonyl (C=O) groups is 1. The Bertz CT molecular complexity index is 695. The van der Waals surface area contributed by atoms with E-state index in [0.717, 1.165) is 25.9 Å². The lowest BCUT2D eigenvalue weighted by Gasteiger charge is -2.39. The van der Waals surface area contributed by atoms with Crippen molar-refractivity contribution in [1.29, 1.82) is 0 Å². The van der Waals surface area contributed by atoms with Gasteiger partial charge in [-0.05, 0) is 51.4 Å². The van der Waals surface area contributed by atoms with Gasteiger partial charge in [0.2, 0.25) is 5.91 Å². The van der Waals surface area contributed by atoms with Crippen molar-refractivity contribution >= 4 is 17.3 Å². The minimum absolute atomic E-state index is 0.0253. The smallest absolute Gasteiger partial charge is 0.269 e. The Balaban J connectivity index is 1.43. The average molecular weight is 377 g/mol. The van der Waals surface area contributed by atoms with Crippen LogP contribution in [-0.4, -0.2) is 54.4 Å². The molecule has 0 atom stereocenters. The maximum atomic E-state index is 12.2. The molecule has 1 amide bonds. The molecule has 0 bridgehead atoms. The molecular weight excluding hydrogens is 350 g/mol. The number of aryl methyl sites for hydroxylation is 1. The third-order valence-electron chi connectivity index (χ3n) is 5.54. The Morgan fingerprint density at radius 1 is 1.33 bits per heavy atom. The van der Waals surface area contributed by atoms with Gasteiger partial charge in [-0.2, -0.15) is 0 Å². The predicted octanol–water partition coefficient (Wildman–Crippen LogP) is 2.71. The fraction of sp³-hybridized carbons (Fsp3) is 0.632. The minimum atomic E-state index is -0.448. The molecule has 2 fully saturated rings. The summed E-state index contributed by atoms with van der Waals surface area (Å²) in [5.74, 6) is -0.131. The molecular formula is C19H27N3O5. The molecule has 148 valence electrons. The number of piperidine rings is 1. The fourth-order valence-corrected chi connectivity index (χ4v) is 3.82. The number of non-ortho nitro benzene ring substituents is 1. The van der Waals surface area contributed by atoms with Gasteiger partial charge < -0.3 is 19.7 Å². The van der Waals surface area contributed by atoms with Crippen LogP contribution in [0.5, 0.6) is 0 Å². The van der Waals surface area contributed by atoms with Crippen LogP contribution in [0.1, 0.15) is 31.7 Å². The number of nitrogens with zero attached hydrogens (tertiary/aromatic N) is 2. The first-order valence-corrected chi connectivity index (χ1v) is 9.42. The summed E-state index contributed by atoms with van der Waals surface area (Å²) in [4.78, 5) is 24.9. The van der Waals surface area contributed by atoms with Crippen LogP contribution in [-0.2, 0) is 14.3 Å². The molecule has 3 rings (SSSR count). The topological polar surface area (TPSA) is 93.9 Å². The summed E-state index contributed by atoms with van der Waals surface area (Å²) in [5.41, 5.74) is 1.33. The SMILES string of the molecule is Cc1cc([N+](=O)[O-])ccc1NC(=O)CCN1CCC(C2(C)OCCO2)CC1. The van der Waals surface area contributed by atoms with Gasteiger partial charge in [-0.1, -0.05) is 0 Å². The van der Waals surface area contributed by atoms with E-state index in [0.29, 0.717) is 43.3 Å². The summed E-state index contributed by atoms with van der Waals surface area (Å²) < 4.78 is 11.5. The minimum Gasteiger partial charge on any atom is -0.348 e. The normalized spacial score (nSPS) is 20.5. The van der Waals surface area contributed by atoms with Crippen LogP contribution in [0.4, 0.5) is 11.4 Å². The highest BCUT2D eigenvalue weighted by atomic mass is 16.7. The maximum absolute atomic E-state index is 12.2. The van der Waals surface area contributed by atoms with Crippen molar-refractivity contribution in [2.75, 3.05) is 38.2 Å². The molecule has 0 spiro atoms. The number of likely N-dealkylation sites (tertiary alicyclic amines) is 1. The van der Waals surface area contributed by atoms with Gasteiger partial charge in [0.25, 0.3) is 5.69 Å². The van der Waals surface area contributed by atoms with E-state index in [-0.39, 0.29) is 11.6 Å². The van der Waals surface area contributed by atoms with E-state index < -0.39 is 10.7 Å². The molecule has 0 saturated carbocycles. The largest absolute Gasteiger partial charge is 0.348 e. The molecule has 0 unspecified atom stereocenters. The van der Waals surface area contributed by atoms with Gasteiger partial charge in [0.1, 0.15) is 0 Å². The molecule has 0 radical (unpaired) electrons. The second-order valence-corrected chi connectivity index (χ2v) is 7.38. The van der Waals surface area contributed by atoms with Crippen molar-refractivity contribution in [1.82, 2.24) is 4.90 Å². The van der Waals surface area contributed by atoms with E-state index in [1.54, 1.807) is 13.0 Å². The zero-order chi connectivity index (χ0) is 19.4. The number of nitrogens with one attached hydrogen (secondary N) is 1. The number of ether oxygens (including phenoxy) is 2. The summed E-state index contributed by atoms with van der Waals surface area (Å²) in [6.45, 7) is 7.66. The summed E-state index contributed by atoms with van der Waals surface area (Å²) in [7, 11) is 0. The van der Waals surface area contributed by atoms with Crippen molar-refractivity contribution in [2.24, 2.45) is 5.92 Å². The molecule has 2 heterocycles. The van der Waals surface area contributed by atoms with Gasteiger partial charge in [0.05, 0.1) is 18.1 Å². The molecule has 0 aromatic heterocycles. The lowest BCUT2D eigenvalue weighted by Crippen LogP contribution is -2.44. The number of anilines is 1. The van der Waals surface area contributed by atoms with Gasteiger partial charge in [0, 0.05) is 36.7 Å². The van der Waals surface area contributed by atoms with Gasteiger partial charge in [-0.3, -0.25) is 14.9 Å². The molecule has 27 heavy (non-hydrogen) atoms. The van der Waals surface area contributed by atoms with Gasteiger partial charge >= 0.3 is 0 Å². The molecule has 8 heteroatoms. The van der Waals surface area contributed by atoms with Gasteiger partial charge in [-0.15, -0.1) is 0 Å².